The molecule has 3 aromatic rings. The minimum absolute atomic E-state index is 0.646. The van der Waals surface area contributed by atoms with E-state index in [1.807, 2.05) is 42.6 Å². The van der Waals surface area contributed by atoms with Crippen molar-refractivity contribution in [1.82, 2.24) is 9.97 Å². The molecule has 0 bridgehead atoms. The normalized spacial score (nSPS) is 10.5. The molecule has 0 aliphatic carbocycles. The van der Waals surface area contributed by atoms with E-state index in [1.165, 1.54) is 0 Å². The lowest BCUT2D eigenvalue weighted by atomic mass is 10.0. The number of rotatable bonds is 4. The van der Waals surface area contributed by atoms with Gasteiger partial charge in [-0.1, -0.05) is 34.1 Å². The Hall–Kier alpha value is -1.92. The van der Waals surface area contributed by atoms with Gasteiger partial charge in [0.1, 0.15) is 6.33 Å². The summed E-state index contributed by atoms with van der Waals surface area (Å²) < 4.78 is 12.6. The first-order valence-corrected chi connectivity index (χ1v) is 8.71. The molecule has 0 amide bonds. The number of aromatic nitrogens is 2. The summed E-state index contributed by atoms with van der Waals surface area (Å²) in [4.78, 5) is 8.69. The Morgan fingerprint density at radius 3 is 2.25 bits per heavy atom. The monoisotopic (exact) mass is 448 g/mol. The Bertz CT molecular complexity index is 885. The lowest BCUT2D eigenvalue weighted by Crippen LogP contribution is -1.96. The summed E-state index contributed by atoms with van der Waals surface area (Å²) >= 11 is 7.20. The van der Waals surface area contributed by atoms with Crippen molar-refractivity contribution in [3.63, 3.8) is 0 Å². The molecule has 0 radical (unpaired) electrons. The second kappa shape index (κ2) is 7.32. The van der Waals surface area contributed by atoms with E-state index in [0.29, 0.717) is 11.5 Å². The third-order valence-corrected chi connectivity index (χ3v) is 4.95. The first-order valence-electron chi connectivity index (χ1n) is 7.12. The summed E-state index contributed by atoms with van der Waals surface area (Å²) in [6, 6.07) is 11.8. The van der Waals surface area contributed by atoms with Crippen LogP contribution >= 0.6 is 31.9 Å². The molecule has 1 heterocycles. The van der Waals surface area contributed by atoms with Gasteiger partial charge in [0.05, 0.1) is 19.9 Å². The molecule has 0 atom stereocenters. The molecule has 2 aromatic carbocycles. The van der Waals surface area contributed by atoms with Crippen LogP contribution < -0.4 is 9.47 Å². The van der Waals surface area contributed by atoms with E-state index in [9.17, 15) is 0 Å². The SMILES string of the molecule is COc1cc(Br)c(-c2ncncc2-c2ccccc2Br)cc1OC. The van der Waals surface area contributed by atoms with Crippen LogP contribution in [0.25, 0.3) is 22.4 Å². The zero-order valence-electron chi connectivity index (χ0n) is 13.1. The number of halogens is 2. The van der Waals surface area contributed by atoms with Gasteiger partial charge in [-0.25, -0.2) is 9.97 Å². The number of nitrogens with zero attached hydrogens (tertiary/aromatic N) is 2. The fraction of sp³-hybridized carbons (Fsp3) is 0.111. The van der Waals surface area contributed by atoms with E-state index < -0.39 is 0 Å². The van der Waals surface area contributed by atoms with Gasteiger partial charge in [-0.05, 0) is 39.7 Å². The van der Waals surface area contributed by atoms with Crippen molar-refractivity contribution in [2.75, 3.05) is 14.2 Å². The zero-order chi connectivity index (χ0) is 17.1. The molecule has 24 heavy (non-hydrogen) atoms. The highest BCUT2D eigenvalue weighted by atomic mass is 79.9. The summed E-state index contributed by atoms with van der Waals surface area (Å²) in [5, 5.41) is 0. The Labute approximate surface area is 157 Å². The van der Waals surface area contributed by atoms with Crippen LogP contribution in [0, 0.1) is 0 Å². The molecule has 1 aromatic heterocycles. The fourth-order valence-corrected chi connectivity index (χ4v) is 3.47. The average molecular weight is 450 g/mol. The van der Waals surface area contributed by atoms with Crippen molar-refractivity contribution in [2.24, 2.45) is 0 Å². The molecule has 122 valence electrons. The second-order valence-corrected chi connectivity index (χ2v) is 6.66. The van der Waals surface area contributed by atoms with E-state index in [1.54, 1.807) is 20.5 Å². The fourth-order valence-electron chi connectivity index (χ4n) is 2.46. The Morgan fingerprint density at radius 2 is 1.54 bits per heavy atom. The van der Waals surface area contributed by atoms with Gasteiger partial charge in [0.15, 0.2) is 11.5 Å². The number of hydrogen-bond donors (Lipinski definition) is 0. The van der Waals surface area contributed by atoms with Gasteiger partial charge < -0.3 is 9.47 Å². The van der Waals surface area contributed by atoms with Crippen LogP contribution in [0.1, 0.15) is 0 Å². The van der Waals surface area contributed by atoms with Crippen molar-refractivity contribution < 1.29 is 9.47 Å². The maximum atomic E-state index is 5.42. The highest BCUT2D eigenvalue weighted by Crippen LogP contribution is 2.41. The maximum absolute atomic E-state index is 5.42. The molecular weight excluding hydrogens is 436 g/mol. The molecule has 3 rings (SSSR count). The predicted molar refractivity (Wildman–Crippen MR) is 101 cm³/mol. The topological polar surface area (TPSA) is 44.2 Å². The van der Waals surface area contributed by atoms with Crippen LogP contribution in [0.4, 0.5) is 0 Å². The number of methoxy groups -OCH3 is 2. The molecule has 0 aliphatic heterocycles. The summed E-state index contributed by atoms with van der Waals surface area (Å²) in [5.74, 6) is 1.30. The van der Waals surface area contributed by atoms with E-state index in [4.69, 9.17) is 9.47 Å². The van der Waals surface area contributed by atoms with Crippen LogP contribution in [0.2, 0.25) is 0 Å². The van der Waals surface area contributed by atoms with Crippen molar-refractivity contribution in [1.29, 1.82) is 0 Å². The third kappa shape index (κ3) is 3.16. The zero-order valence-corrected chi connectivity index (χ0v) is 16.3. The highest BCUT2D eigenvalue weighted by Gasteiger charge is 2.17. The van der Waals surface area contributed by atoms with Crippen molar-refractivity contribution in [3.05, 3.63) is 57.9 Å². The van der Waals surface area contributed by atoms with E-state index in [-0.39, 0.29) is 0 Å². The second-order valence-electron chi connectivity index (χ2n) is 4.95. The summed E-state index contributed by atoms with van der Waals surface area (Å²) in [6.07, 6.45) is 3.35. The minimum Gasteiger partial charge on any atom is -0.493 e. The van der Waals surface area contributed by atoms with E-state index in [2.05, 4.69) is 41.8 Å². The quantitative estimate of drug-likeness (QED) is 0.538. The number of hydrogen-bond acceptors (Lipinski definition) is 4. The van der Waals surface area contributed by atoms with Gasteiger partial charge >= 0.3 is 0 Å². The highest BCUT2D eigenvalue weighted by molar-refractivity contribution is 9.11. The lowest BCUT2D eigenvalue weighted by molar-refractivity contribution is 0.355. The van der Waals surface area contributed by atoms with Crippen LogP contribution in [-0.2, 0) is 0 Å². The first kappa shape index (κ1) is 16.9. The third-order valence-electron chi connectivity index (χ3n) is 3.60. The summed E-state index contributed by atoms with van der Waals surface area (Å²) in [5.41, 5.74) is 3.67. The van der Waals surface area contributed by atoms with Crippen molar-refractivity contribution >= 4 is 31.9 Å². The molecular formula is C18H14Br2N2O2. The van der Waals surface area contributed by atoms with Crippen molar-refractivity contribution in [2.45, 2.75) is 0 Å². The van der Waals surface area contributed by atoms with Gasteiger partial charge in [0.25, 0.3) is 0 Å². The number of ether oxygens (including phenoxy) is 2. The Balaban J connectivity index is 2.24. The van der Waals surface area contributed by atoms with Gasteiger partial charge in [-0.3, -0.25) is 0 Å². The van der Waals surface area contributed by atoms with Crippen LogP contribution in [0.15, 0.2) is 57.9 Å². The van der Waals surface area contributed by atoms with Gasteiger partial charge in [0.2, 0.25) is 0 Å². The molecule has 0 fully saturated rings. The van der Waals surface area contributed by atoms with Gasteiger partial charge in [0, 0.05) is 26.3 Å². The molecule has 0 unspecified atom stereocenters. The van der Waals surface area contributed by atoms with Crippen LogP contribution in [0.5, 0.6) is 11.5 Å². The smallest absolute Gasteiger partial charge is 0.161 e. The minimum atomic E-state index is 0.646. The van der Waals surface area contributed by atoms with Crippen LogP contribution in [-0.4, -0.2) is 24.2 Å². The molecule has 0 saturated carbocycles. The molecule has 6 heteroatoms. The maximum Gasteiger partial charge on any atom is 0.161 e. The summed E-state index contributed by atoms with van der Waals surface area (Å²) in [6.45, 7) is 0. The lowest BCUT2D eigenvalue weighted by Gasteiger charge is -2.14. The van der Waals surface area contributed by atoms with Crippen LogP contribution in [0.3, 0.4) is 0 Å². The first-order chi connectivity index (χ1) is 11.7. The average Bonchev–Trinajstić information content (AvgIpc) is 2.62. The molecule has 0 N–H and O–H groups in total. The van der Waals surface area contributed by atoms with Crippen molar-refractivity contribution in [3.8, 4) is 33.9 Å². The molecule has 0 spiro atoms. The Kier molecular flexibility index (Phi) is 5.16. The molecule has 0 saturated heterocycles. The summed E-state index contributed by atoms with van der Waals surface area (Å²) in [7, 11) is 3.23. The van der Waals surface area contributed by atoms with Gasteiger partial charge in [-0.2, -0.15) is 0 Å². The number of benzene rings is 2. The Morgan fingerprint density at radius 1 is 0.833 bits per heavy atom. The standard InChI is InChI=1S/C18H14Br2N2O2/c1-23-16-7-12(15(20)8-17(16)24-2)18-13(9-21-10-22-18)11-5-3-4-6-14(11)19/h3-10H,1-2H3. The molecule has 4 nitrogen and oxygen atoms in total. The predicted octanol–water partition coefficient (Wildman–Crippen LogP) is 5.35. The van der Waals surface area contributed by atoms with E-state index in [0.717, 1.165) is 31.3 Å². The largest absolute Gasteiger partial charge is 0.493 e. The van der Waals surface area contributed by atoms with Gasteiger partial charge in [-0.15, -0.1) is 0 Å². The van der Waals surface area contributed by atoms with E-state index >= 15 is 0 Å². The molecule has 0 aliphatic rings.